The highest BCUT2D eigenvalue weighted by Crippen LogP contribution is 2.40. The molecular weight excluding hydrogens is 114 g/mol. The molecule has 2 fully saturated rings. The van der Waals surface area contributed by atoms with Crippen LogP contribution < -0.4 is 5.32 Å². The molecule has 1 aliphatic carbocycles. The van der Waals surface area contributed by atoms with Gasteiger partial charge in [-0.3, -0.25) is 0 Å². The molecule has 3 atom stereocenters. The van der Waals surface area contributed by atoms with Crippen LogP contribution in [0.25, 0.3) is 0 Å². The lowest BCUT2D eigenvalue weighted by atomic mass is 9.96. The third-order valence-corrected chi connectivity index (χ3v) is 2.37. The second-order valence-electron chi connectivity index (χ2n) is 3.68. The van der Waals surface area contributed by atoms with E-state index < -0.39 is 5.60 Å². The summed E-state index contributed by atoms with van der Waals surface area (Å²) in [7, 11) is 0. The highest BCUT2D eigenvalue weighted by Gasteiger charge is 2.45. The Kier molecular flexibility index (Phi) is 0.945. The average molecular weight is 127 g/mol. The van der Waals surface area contributed by atoms with Gasteiger partial charge in [0.25, 0.3) is 0 Å². The van der Waals surface area contributed by atoms with Crippen molar-refractivity contribution in [2.75, 3.05) is 6.54 Å². The van der Waals surface area contributed by atoms with E-state index in [1.807, 2.05) is 6.92 Å². The highest BCUT2D eigenvalue weighted by atomic mass is 16.3. The molecule has 2 heteroatoms. The Hall–Kier alpha value is -0.0800. The van der Waals surface area contributed by atoms with E-state index in [9.17, 15) is 5.11 Å². The Morgan fingerprint density at radius 3 is 3.00 bits per heavy atom. The van der Waals surface area contributed by atoms with Crippen LogP contribution in [0.3, 0.4) is 0 Å². The molecule has 0 radical (unpaired) electrons. The van der Waals surface area contributed by atoms with Crippen LogP contribution in [0, 0.1) is 5.92 Å². The Bertz CT molecular complexity index is 133. The largest absolute Gasteiger partial charge is 0.389 e. The molecule has 1 heterocycles. The molecule has 2 rings (SSSR count). The van der Waals surface area contributed by atoms with Crippen molar-refractivity contribution in [1.82, 2.24) is 5.32 Å². The van der Waals surface area contributed by atoms with Crippen LogP contribution in [0.2, 0.25) is 0 Å². The van der Waals surface area contributed by atoms with Crippen molar-refractivity contribution in [3.63, 3.8) is 0 Å². The second-order valence-corrected chi connectivity index (χ2v) is 3.68. The fourth-order valence-corrected chi connectivity index (χ4v) is 1.71. The Balaban J connectivity index is 2.01. The van der Waals surface area contributed by atoms with E-state index in [1.54, 1.807) is 0 Å². The van der Waals surface area contributed by atoms with Gasteiger partial charge in [0.15, 0.2) is 0 Å². The molecule has 0 aromatic heterocycles. The summed E-state index contributed by atoms with van der Waals surface area (Å²) >= 11 is 0. The molecule has 1 saturated heterocycles. The number of fused-ring (bicyclic) bond motifs is 1. The summed E-state index contributed by atoms with van der Waals surface area (Å²) in [4.78, 5) is 0. The molecular formula is C7H13NO. The Labute approximate surface area is 55.3 Å². The summed E-state index contributed by atoms with van der Waals surface area (Å²) in [5.41, 5.74) is -0.419. The third kappa shape index (κ3) is 0.970. The van der Waals surface area contributed by atoms with E-state index in [-0.39, 0.29) is 0 Å². The second kappa shape index (κ2) is 1.50. The van der Waals surface area contributed by atoms with Crippen molar-refractivity contribution >= 4 is 0 Å². The van der Waals surface area contributed by atoms with Crippen molar-refractivity contribution < 1.29 is 5.11 Å². The monoisotopic (exact) mass is 127 g/mol. The van der Waals surface area contributed by atoms with Crippen LogP contribution in [-0.2, 0) is 0 Å². The van der Waals surface area contributed by atoms with Gasteiger partial charge in [-0.25, -0.2) is 0 Å². The van der Waals surface area contributed by atoms with E-state index in [0.29, 0.717) is 0 Å². The van der Waals surface area contributed by atoms with Gasteiger partial charge < -0.3 is 10.4 Å². The predicted molar refractivity (Wildman–Crippen MR) is 35.1 cm³/mol. The van der Waals surface area contributed by atoms with Gasteiger partial charge in [-0.05, 0) is 25.7 Å². The number of hydrogen-bond donors (Lipinski definition) is 2. The molecule has 2 nitrogen and oxygen atoms in total. The summed E-state index contributed by atoms with van der Waals surface area (Å²) in [5.74, 6) is 0.786. The minimum absolute atomic E-state index is 0.419. The maximum atomic E-state index is 9.51. The molecule has 1 aliphatic heterocycles. The molecule has 2 N–H and O–H groups in total. The van der Waals surface area contributed by atoms with Crippen LogP contribution in [0.15, 0.2) is 0 Å². The Morgan fingerprint density at radius 1 is 1.67 bits per heavy atom. The van der Waals surface area contributed by atoms with Crippen molar-refractivity contribution in [3.05, 3.63) is 0 Å². The van der Waals surface area contributed by atoms with Crippen LogP contribution in [0.4, 0.5) is 0 Å². The first-order chi connectivity index (χ1) is 4.17. The molecule has 9 heavy (non-hydrogen) atoms. The molecule has 0 aromatic rings. The van der Waals surface area contributed by atoms with Gasteiger partial charge >= 0.3 is 0 Å². The third-order valence-electron chi connectivity index (χ3n) is 2.37. The molecule has 52 valence electrons. The first kappa shape index (κ1) is 5.69. The first-order valence-corrected chi connectivity index (χ1v) is 3.63. The zero-order chi connectivity index (χ0) is 6.48. The lowest BCUT2D eigenvalue weighted by Crippen LogP contribution is -2.43. The molecule has 0 spiro atoms. The summed E-state index contributed by atoms with van der Waals surface area (Å²) < 4.78 is 0. The Morgan fingerprint density at radius 2 is 2.44 bits per heavy atom. The lowest BCUT2D eigenvalue weighted by molar-refractivity contribution is 0.0318. The van der Waals surface area contributed by atoms with E-state index in [1.165, 1.54) is 6.42 Å². The quantitative estimate of drug-likeness (QED) is 0.484. The number of hydrogen-bond acceptors (Lipinski definition) is 2. The molecule has 2 aliphatic rings. The van der Waals surface area contributed by atoms with E-state index in [2.05, 4.69) is 5.32 Å². The molecule has 3 unspecified atom stereocenters. The zero-order valence-electron chi connectivity index (χ0n) is 5.72. The van der Waals surface area contributed by atoms with Gasteiger partial charge in [0.1, 0.15) is 0 Å². The zero-order valence-corrected chi connectivity index (χ0v) is 5.72. The molecule has 0 amide bonds. The van der Waals surface area contributed by atoms with E-state index in [0.717, 1.165) is 24.9 Å². The summed E-state index contributed by atoms with van der Waals surface area (Å²) in [6, 6.07) is 0.755. The van der Waals surface area contributed by atoms with Crippen LogP contribution in [0.1, 0.15) is 19.8 Å². The van der Waals surface area contributed by atoms with Gasteiger partial charge in [0.2, 0.25) is 0 Å². The van der Waals surface area contributed by atoms with Gasteiger partial charge in [-0.1, -0.05) is 0 Å². The van der Waals surface area contributed by atoms with Gasteiger partial charge in [0, 0.05) is 12.6 Å². The fraction of sp³-hybridized carbons (Fsp3) is 1.00. The minimum atomic E-state index is -0.419. The first-order valence-electron chi connectivity index (χ1n) is 3.63. The maximum absolute atomic E-state index is 9.51. The SMILES string of the molecule is CC1(O)CNC2CC2C1. The highest BCUT2D eigenvalue weighted by molar-refractivity contribution is 5.02. The smallest absolute Gasteiger partial charge is 0.0746 e. The number of aliphatic hydroxyl groups is 1. The number of rotatable bonds is 0. The van der Waals surface area contributed by atoms with Crippen LogP contribution >= 0.6 is 0 Å². The minimum Gasteiger partial charge on any atom is -0.389 e. The standard InChI is InChI=1S/C7H13NO/c1-7(9)3-5-2-6(5)8-4-7/h5-6,8-9H,2-4H2,1H3. The average Bonchev–Trinajstić information content (AvgIpc) is 2.41. The molecule has 0 bridgehead atoms. The van der Waals surface area contributed by atoms with Gasteiger partial charge in [-0.2, -0.15) is 0 Å². The lowest BCUT2D eigenvalue weighted by Gasteiger charge is -2.27. The van der Waals surface area contributed by atoms with Crippen molar-refractivity contribution in [1.29, 1.82) is 0 Å². The fourth-order valence-electron chi connectivity index (χ4n) is 1.71. The number of nitrogens with one attached hydrogen (secondary N) is 1. The van der Waals surface area contributed by atoms with Crippen molar-refractivity contribution in [2.24, 2.45) is 5.92 Å². The van der Waals surface area contributed by atoms with Gasteiger partial charge in [0.05, 0.1) is 5.60 Å². The normalized spacial score (nSPS) is 56.7. The van der Waals surface area contributed by atoms with Gasteiger partial charge in [-0.15, -0.1) is 0 Å². The molecule has 0 aromatic carbocycles. The summed E-state index contributed by atoms with van der Waals surface area (Å²) in [6.45, 7) is 2.70. The van der Waals surface area contributed by atoms with Crippen molar-refractivity contribution in [2.45, 2.75) is 31.4 Å². The number of piperidine rings is 1. The predicted octanol–water partition coefficient (Wildman–Crippen LogP) is 0.119. The topological polar surface area (TPSA) is 32.3 Å². The van der Waals surface area contributed by atoms with Crippen molar-refractivity contribution in [3.8, 4) is 0 Å². The summed E-state index contributed by atoms with van der Waals surface area (Å²) in [6.07, 6.45) is 2.29. The van der Waals surface area contributed by atoms with E-state index >= 15 is 0 Å². The van der Waals surface area contributed by atoms with Crippen LogP contribution in [-0.4, -0.2) is 23.3 Å². The summed E-state index contributed by atoms with van der Waals surface area (Å²) in [5, 5.41) is 12.8. The number of β-amino-alcohol motifs (C(OH)–C–C–N with tert-alkyl or cyclic N) is 1. The maximum Gasteiger partial charge on any atom is 0.0746 e. The van der Waals surface area contributed by atoms with Crippen LogP contribution in [0.5, 0.6) is 0 Å². The van der Waals surface area contributed by atoms with E-state index in [4.69, 9.17) is 0 Å². The molecule has 1 saturated carbocycles.